The third kappa shape index (κ3) is 6.90. The number of ether oxygens (including phenoxy) is 1. The second kappa shape index (κ2) is 9.91. The van der Waals surface area contributed by atoms with Crippen molar-refractivity contribution in [1.82, 2.24) is 10.2 Å². The lowest BCUT2D eigenvalue weighted by Crippen LogP contribution is -2.41. The molecule has 1 atom stereocenters. The summed E-state index contributed by atoms with van der Waals surface area (Å²) in [6.45, 7) is 6.30. The fourth-order valence-corrected chi connectivity index (χ4v) is 3.05. The molecule has 1 N–H and O–H groups in total. The molecule has 1 aliphatic rings. The Labute approximate surface area is 144 Å². The fraction of sp³-hybridized carbons (Fsp3) is 0.611. The maximum Gasteiger partial charge on any atom is 0.221 e. The van der Waals surface area contributed by atoms with Crippen molar-refractivity contribution < 1.29 is 9.53 Å². The van der Waals surface area contributed by atoms with Gasteiger partial charge in [0.2, 0.25) is 5.91 Å². The lowest BCUT2D eigenvalue weighted by atomic mass is 10.1. The normalized spacial score (nSPS) is 18.8. The first-order chi connectivity index (χ1) is 11.2. The summed E-state index contributed by atoms with van der Waals surface area (Å²) in [5.41, 5.74) is 1.02. The van der Waals surface area contributed by atoms with Gasteiger partial charge in [0.1, 0.15) is 0 Å². The summed E-state index contributed by atoms with van der Waals surface area (Å²) in [5.74, 6) is 0.0848. The number of rotatable bonds is 8. The summed E-state index contributed by atoms with van der Waals surface area (Å²) < 4.78 is 5.83. The van der Waals surface area contributed by atoms with Gasteiger partial charge in [-0.15, -0.1) is 0 Å². The molecule has 5 heteroatoms. The quantitative estimate of drug-likeness (QED) is 0.791. The number of amides is 1. The van der Waals surface area contributed by atoms with E-state index >= 15 is 0 Å². The smallest absolute Gasteiger partial charge is 0.221 e. The first-order valence-electron chi connectivity index (χ1n) is 8.52. The van der Waals surface area contributed by atoms with Crippen molar-refractivity contribution in [2.24, 2.45) is 0 Å². The van der Waals surface area contributed by atoms with Gasteiger partial charge in [0.25, 0.3) is 0 Å². The standard InChI is InChI=1S/C18H27ClN2O2/c1-2-11-23-17-7-4-9-21(14-17)10-8-18(22)20-13-15-5-3-6-16(19)12-15/h3,5-6,12,17H,2,4,7-11,13-14H2,1H3,(H,20,22)/t17-/m0/s1. The van der Waals surface area contributed by atoms with Crippen LogP contribution in [0.5, 0.6) is 0 Å². The van der Waals surface area contributed by atoms with Crippen molar-refractivity contribution in [3.63, 3.8) is 0 Å². The van der Waals surface area contributed by atoms with E-state index in [1.165, 1.54) is 0 Å². The second-order valence-electron chi connectivity index (χ2n) is 6.09. The van der Waals surface area contributed by atoms with Crippen LogP contribution in [0.2, 0.25) is 5.02 Å². The monoisotopic (exact) mass is 338 g/mol. The molecule has 1 heterocycles. The minimum atomic E-state index is 0.0848. The summed E-state index contributed by atoms with van der Waals surface area (Å²) in [6.07, 6.45) is 4.21. The van der Waals surface area contributed by atoms with E-state index in [9.17, 15) is 4.79 Å². The highest BCUT2D eigenvalue weighted by Gasteiger charge is 2.20. The van der Waals surface area contributed by atoms with Crippen LogP contribution in [-0.4, -0.2) is 43.2 Å². The molecular formula is C18H27ClN2O2. The van der Waals surface area contributed by atoms with E-state index in [1.807, 2.05) is 24.3 Å². The van der Waals surface area contributed by atoms with E-state index in [-0.39, 0.29) is 5.91 Å². The van der Waals surface area contributed by atoms with Crippen LogP contribution < -0.4 is 5.32 Å². The highest BCUT2D eigenvalue weighted by molar-refractivity contribution is 6.30. The Balaban J connectivity index is 1.65. The number of nitrogens with zero attached hydrogens (tertiary/aromatic N) is 1. The van der Waals surface area contributed by atoms with E-state index in [0.29, 0.717) is 24.1 Å². The summed E-state index contributed by atoms with van der Waals surface area (Å²) in [6, 6.07) is 7.57. The Morgan fingerprint density at radius 2 is 2.35 bits per heavy atom. The topological polar surface area (TPSA) is 41.6 Å². The highest BCUT2D eigenvalue weighted by Crippen LogP contribution is 2.14. The molecule has 0 aliphatic carbocycles. The molecule has 2 rings (SSSR count). The van der Waals surface area contributed by atoms with Gasteiger partial charge in [0, 0.05) is 37.7 Å². The molecule has 0 radical (unpaired) electrons. The van der Waals surface area contributed by atoms with Crippen LogP contribution in [0.15, 0.2) is 24.3 Å². The van der Waals surface area contributed by atoms with E-state index in [2.05, 4.69) is 17.1 Å². The fourth-order valence-electron chi connectivity index (χ4n) is 2.83. The van der Waals surface area contributed by atoms with Gasteiger partial charge in [0.15, 0.2) is 0 Å². The van der Waals surface area contributed by atoms with Crippen LogP contribution in [0, 0.1) is 0 Å². The van der Waals surface area contributed by atoms with Gasteiger partial charge in [-0.25, -0.2) is 0 Å². The zero-order chi connectivity index (χ0) is 16.5. The van der Waals surface area contributed by atoms with Crippen molar-refractivity contribution in [3.8, 4) is 0 Å². The molecule has 1 fully saturated rings. The van der Waals surface area contributed by atoms with Crippen molar-refractivity contribution in [1.29, 1.82) is 0 Å². The molecule has 4 nitrogen and oxygen atoms in total. The zero-order valence-electron chi connectivity index (χ0n) is 13.9. The molecule has 0 bridgehead atoms. The molecule has 1 amide bonds. The Kier molecular flexibility index (Phi) is 7.86. The Morgan fingerprint density at radius 1 is 1.48 bits per heavy atom. The van der Waals surface area contributed by atoms with Gasteiger partial charge in [-0.05, 0) is 43.5 Å². The van der Waals surface area contributed by atoms with Gasteiger partial charge in [0.05, 0.1) is 6.10 Å². The molecule has 128 valence electrons. The molecule has 0 saturated carbocycles. The van der Waals surface area contributed by atoms with Gasteiger partial charge >= 0.3 is 0 Å². The second-order valence-corrected chi connectivity index (χ2v) is 6.53. The lowest BCUT2D eigenvalue weighted by Gasteiger charge is -2.32. The number of hydrogen-bond donors (Lipinski definition) is 1. The first kappa shape index (κ1) is 18.2. The number of hydrogen-bond acceptors (Lipinski definition) is 3. The average Bonchev–Trinajstić information content (AvgIpc) is 2.57. The molecule has 1 aromatic carbocycles. The van der Waals surface area contributed by atoms with Crippen molar-refractivity contribution >= 4 is 17.5 Å². The number of carbonyl (C=O) groups excluding carboxylic acids is 1. The SMILES string of the molecule is CCCO[C@H]1CCCN(CCC(=O)NCc2cccc(Cl)c2)C1. The summed E-state index contributed by atoms with van der Waals surface area (Å²) >= 11 is 5.94. The van der Waals surface area contributed by atoms with E-state index in [1.54, 1.807) is 0 Å². The Bertz CT molecular complexity index is 496. The molecule has 23 heavy (non-hydrogen) atoms. The average molecular weight is 339 g/mol. The third-order valence-corrected chi connectivity index (χ3v) is 4.29. The molecule has 1 saturated heterocycles. The predicted octanol–water partition coefficient (Wildman–Crippen LogP) is 3.24. The van der Waals surface area contributed by atoms with Crippen molar-refractivity contribution in [2.75, 3.05) is 26.2 Å². The van der Waals surface area contributed by atoms with Gasteiger partial charge in [-0.2, -0.15) is 0 Å². The zero-order valence-corrected chi connectivity index (χ0v) is 14.6. The number of benzene rings is 1. The van der Waals surface area contributed by atoms with Gasteiger partial charge in [-0.3, -0.25) is 4.79 Å². The van der Waals surface area contributed by atoms with E-state index < -0.39 is 0 Å². The number of carbonyl (C=O) groups is 1. The van der Waals surface area contributed by atoms with Crippen molar-refractivity contribution in [3.05, 3.63) is 34.9 Å². The lowest BCUT2D eigenvalue weighted by molar-refractivity contribution is -0.121. The van der Waals surface area contributed by atoms with Crippen LogP contribution in [0.4, 0.5) is 0 Å². The van der Waals surface area contributed by atoms with E-state index in [4.69, 9.17) is 16.3 Å². The van der Waals surface area contributed by atoms with Crippen LogP contribution in [0.3, 0.4) is 0 Å². The molecule has 1 aromatic rings. The van der Waals surface area contributed by atoms with Crippen LogP contribution >= 0.6 is 11.6 Å². The van der Waals surface area contributed by atoms with Gasteiger partial charge in [-0.1, -0.05) is 30.7 Å². The van der Waals surface area contributed by atoms with Gasteiger partial charge < -0.3 is 15.0 Å². The molecule has 1 aliphatic heterocycles. The first-order valence-corrected chi connectivity index (χ1v) is 8.90. The number of halogens is 1. The number of piperidine rings is 1. The van der Waals surface area contributed by atoms with Crippen molar-refractivity contribution in [2.45, 2.75) is 45.3 Å². The molecule has 0 spiro atoms. The summed E-state index contributed by atoms with van der Waals surface area (Å²) in [7, 11) is 0. The predicted molar refractivity (Wildman–Crippen MR) is 93.6 cm³/mol. The third-order valence-electron chi connectivity index (χ3n) is 4.05. The minimum absolute atomic E-state index is 0.0848. The minimum Gasteiger partial charge on any atom is -0.377 e. The molecular weight excluding hydrogens is 312 g/mol. The molecule has 0 unspecified atom stereocenters. The maximum absolute atomic E-state index is 12.0. The largest absolute Gasteiger partial charge is 0.377 e. The number of nitrogens with one attached hydrogen (secondary N) is 1. The van der Waals surface area contributed by atoms with Crippen LogP contribution in [-0.2, 0) is 16.1 Å². The Morgan fingerprint density at radius 3 is 3.13 bits per heavy atom. The van der Waals surface area contributed by atoms with E-state index in [0.717, 1.165) is 51.1 Å². The van der Waals surface area contributed by atoms with Crippen LogP contribution in [0.25, 0.3) is 0 Å². The summed E-state index contributed by atoms with van der Waals surface area (Å²) in [4.78, 5) is 14.3. The molecule has 0 aromatic heterocycles. The Hall–Kier alpha value is -1.10. The summed E-state index contributed by atoms with van der Waals surface area (Å²) in [5, 5.41) is 3.65. The highest BCUT2D eigenvalue weighted by atomic mass is 35.5. The van der Waals surface area contributed by atoms with Crippen LogP contribution in [0.1, 0.15) is 38.2 Å². The maximum atomic E-state index is 12.0. The number of likely N-dealkylation sites (tertiary alicyclic amines) is 1.